The van der Waals surface area contributed by atoms with E-state index in [1.165, 1.54) is 4.31 Å². The smallest absolute Gasteiger partial charge is 0.238 e. The molecule has 1 aromatic heterocycles. The van der Waals surface area contributed by atoms with Crippen LogP contribution >= 0.6 is 0 Å². The SMILES string of the molecule is CCCS(=O)(=O)N1CCCC1C(=O)NCCc1cnc[nH]1. The molecule has 0 aliphatic carbocycles. The Morgan fingerprint density at radius 2 is 2.38 bits per heavy atom. The highest BCUT2D eigenvalue weighted by atomic mass is 32.2. The Bertz CT molecular complexity index is 556. The molecule has 21 heavy (non-hydrogen) atoms. The van der Waals surface area contributed by atoms with Crippen molar-refractivity contribution < 1.29 is 13.2 Å². The largest absolute Gasteiger partial charge is 0.354 e. The summed E-state index contributed by atoms with van der Waals surface area (Å²) in [4.78, 5) is 19.1. The summed E-state index contributed by atoms with van der Waals surface area (Å²) in [5.74, 6) is -0.100. The van der Waals surface area contributed by atoms with Crippen molar-refractivity contribution in [3.05, 3.63) is 18.2 Å². The minimum Gasteiger partial charge on any atom is -0.354 e. The van der Waals surface area contributed by atoms with Crippen molar-refractivity contribution >= 4 is 15.9 Å². The van der Waals surface area contributed by atoms with Gasteiger partial charge in [-0.2, -0.15) is 4.31 Å². The molecule has 1 unspecified atom stereocenters. The topological polar surface area (TPSA) is 95.2 Å². The highest BCUT2D eigenvalue weighted by Crippen LogP contribution is 2.21. The molecule has 2 N–H and O–H groups in total. The maximum Gasteiger partial charge on any atom is 0.238 e. The van der Waals surface area contributed by atoms with Crippen LogP contribution in [0.25, 0.3) is 0 Å². The number of carbonyl (C=O) groups excluding carboxylic acids is 1. The van der Waals surface area contributed by atoms with Crippen LogP contribution in [0, 0.1) is 0 Å². The van der Waals surface area contributed by atoms with Gasteiger partial charge in [0, 0.05) is 31.4 Å². The molecule has 7 nitrogen and oxygen atoms in total. The van der Waals surface area contributed by atoms with Gasteiger partial charge in [0.15, 0.2) is 0 Å². The van der Waals surface area contributed by atoms with Crippen molar-refractivity contribution in [1.29, 1.82) is 0 Å². The molecule has 8 heteroatoms. The zero-order valence-corrected chi connectivity index (χ0v) is 13.0. The molecule has 118 valence electrons. The normalized spacial score (nSPS) is 19.8. The number of nitrogens with one attached hydrogen (secondary N) is 2. The third kappa shape index (κ3) is 4.04. The molecule has 0 bridgehead atoms. The number of rotatable bonds is 7. The number of aromatic amines is 1. The van der Waals surface area contributed by atoms with E-state index in [1.54, 1.807) is 12.5 Å². The van der Waals surface area contributed by atoms with Gasteiger partial charge in [-0.15, -0.1) is 0 Å². The predicted molar refractivity (Wildman–Crippen MR) is 79.1 cm³/mol. The molecule has 1 aliphatic rings. The van der Waals surface area contributed by atoms with Gasteiger partial charge in [0.05, 0.1) is 12.1 Å². The first-order valence-electron chi connectivity index (χ1n) is 7.29. The van der Waals surface area contributed by atoms with Gasteiger partial charge in [0.2, 0.25) is 15.9 Å². The van der Waals surface area contributed by atoms with E-state index < -0.39 is 16.1 Å². The van der Waals surface area contributed by atoms with Crippen molar-refractivity contribution in [2.75, 3.05) is 18.8 Å². The Morgan fingerprint density at radius 3 is 3.05 bits per heavy atom. The van der Waals surface area contributed by atoms with Crippen molar-refractivity contribution in [2.24, 2.45) is 0 Å². The first-order chi connectivity index (χ1) is 10.0. The molecule has 1 atom stereocenters. The summed E-state index contributed by atoms with van der Waals surface area (Å²) in [6.07, 6.45) is 5.85. The summed E-state index contributed by atoms with van der Waals surface area (Å²) < 4.78 is 25.6. The lowest BCUT2D eigenvalue weighted by atomic mass is 10.2. The maximum atomic E-state index is 12.2. The van der Waals surface area contributed by atoms with Gasteiger partial charge in [-0.25, -0.2) is 13.4 Å². The molecule has 1 fully saturated rings. The Balaban J connectivity index is 1.88. The summed E-state index contributed by atoms with van der Waals surface area (Å²) >= 11 is 0. The second-order valence-electron chi connectivity index (χ2n) is 5.20. The average Bonchev–Trinajstić information content (AvgIpc) is 3.10. The molecule has 1 aliphatic heterocycles. The molecule has 0 saturated carbocycles. The molecular weight excluding hydrogens is 292 g/mol. The van der Waals surface area contributed by atoms with Gasteiger partial charge < -0.3 is 10.3 Å². The molecule has 0 spiro atoms. The second-order valence-corrected chi connectivity index (χ2v) is 7.24. The fourth-order valence-corrected chi connectivity index (χ4v) is 4.32. The van der Waals surface area contributed by atoms with E-state index >= 15 is 0 Å². The first-order valence-corrected chi connectivity index (χ1v) is 8.90. The van der Waals surface area contributed by atoms with E-state index in [1.807, 2.05) is 6.92 Å². The Kier molecular flexibility index (Phi) is 5.35. The van der Waals surface area contributed by atoms with Gasteiger partial charge in [0.25, 0.3) is 0 Å². The van der Waals surface area contributed by atoms with Crippen LogP contribution in [0.1, 0.15) is 31.9 Å². The average molecular weight is 314 g/mol. The second kappa shape index (κ2) is 7.04. The molecule has 1 amide bonds. The van der Waals surface area contributed by atoms with E-state index in [0.717, 1.165) is 12.1 Å². The van der Waals surface area contributed by atoms with E-state index in [9.17, 15) is 13.2 Å². The van der Waals surface area contributed by atoms with E-state index in [4.69, 9.17) is 0 Å². The number of hydrogen-bond donors (Lipinski definition) is 2. The first kappa shape index (κ1) is 16.0. The van der Waals surface area contributed by atoms with Crippen LogP contribution in [0.15, 0.2) is 12.5 Å². The minimum atomic E-state index is -3.32. The van der Waals surface area contributed by atoms with E-state index in [2.05, 4.69) is 15.3 Å². The molecule has 2 rings (SSSR count). The number of H-pyrrole nitrogens is 1. The third-order valence-electron chi connectivity index (χ3n) is 3.57. The van der Waals surface area contributed by atoms with Gasteiger partial charge in [-0.3, -0.25) is 4.79 Å². The summed E-state index contributed by atoms with van der Waals surface area (Å²) in [7, 11) is -3.32. The Hall–Kier alpha value is -1.41. The lowest BCUT2D eigenvalue weighted by Crippen LogP contribution is -2.46. The molecule has 2 heterocycles. The summed E-state index contributed by atoms with van der Waals surface area (Å²) in [5, 5.41) is 2.81. The highest BCUT2D eigenvalue weighted by Gasteiger charge is 2.37. The van der Waals surface area contributed by atoms with Crippen LogP contribution in [-0.4, -0.2) is 53.5 Å². The highest BCUT2D eigenvalue weighted by molar-refractivity contribution is 7.89. The van der Waals surface area contributed by atoms with Gasteiger partial charge >= 0.3 is 0 Å². The minimum absolute atomic E-state index is 0.102. The maximum absolute atomic E-state index is 12.2. The summed E-state index contributed by atoms with van der Waals surface area (Å²) in [5.41, 5.74) is 0.942. The molecule has 0 aromatic carbocycles. The lowest BCUT2D eigenvalue weighted by Gasteiger charge is -2.23. The monoisotopic (exact) mass is 314 g/mol. The lowest BCUT2D eigenvalue weighted by molar-refractivity contribution is -0.124. The molecule has 1 aromatic rings. The van der Waals surface area contributed by atoms with Crippen molar-refractivity contribution in [3.8, 4) is 0 Å². The Labute approximate surface area is 125 Å². The quantitative estimate of drug-likeness (QED) is 0.755. The van der Waals surface area contributed by atoms with Gasteiger partial charge in [-0.1, -0.05) is 6.92 Å². The Morgan fingerprint density at radius 1 is 1.57 bits per heavy atom. The number of amides is 1. The van der Waals surface area contributed by atoms with Crippen molar-refractivity contribution in [2.45, 2.75) is 38.6 Å². The number of carbonyl (C=O) groups is 1. The van der Waals surface area contributed by atoms with Crippen molar-refractivity contribution in [1.82, 2.24) is 19.6 Å². The van der Waals surface area contributed by atoms with Crippen LogP contribution in [0.2, 0.25) is 0 Å². The van der Waals surface area contributed by atoms with Crippen LogP contribution in [-0.2, 0) is 21.2 Å². The fourth-order valence-electron chi connectivity index (χ4n) is 2.57. The van der Waals surface area contributed by atoms with E-state index in [0.29, 0.717) is 32.4 Å². The van der Waals surface area contributed by atoms with Gasteiger partial charge in [0.1, 0.15) is 6.04 Å². The predicted octanol–water partition coefficient (Wildman–Crippen LogP) is 0.273. The van der Waals surface area contributed by atoms with Crippen LogP contribution in [0.4, 0.5) is 0 Å². The summed E-state index contributed by atoms with van der Waals surface area (Å²) in [6.45, 7) is 2.74. The van der Waals surface area contributed by atoms with Crippen molar-refractivity contribution in [3.63, 3.8) is 0 Å². The zero-order chi connectivity index (χ0) is 15.3. The molecular formula is C13H22N4O3S. The van der Waals surface area contributed by atoms with Crippen LogP contribution in [0.3, 0.4) is 0 Å². The third-order valence-corrected chi connectivity index (χ3v) is 5.65. The number of sulfonamides is 1. The number of aromatic nitrogens is 2. The van der Waals surface area contributed by atoms with E-state index in [-0.39, 0.29) is 11.7 Å². The molecule has 1 saturated heterocycles. The number of imidazole rings is 1. The zero-order valence-electron chi connectivity index (χ0n) is 12.2. The van der Waals surface area contributed by atoms with Crippen LogP contribution in [0.5, 0.6) is 0 Å². The number of nitrogens with zero attached hydrogens (tertiary/aromatic N) is 2. The standard InChI is InChI=1S/C13H22N4O3S/c1-2-8-21(19,20)17-7-3-4-12(17)13(18)15-6-5-11-9-14-10-16-11/h9-10,12H,2-8H2,1H3,(H,14,16)(H,15,18). The molecule has 0 radical (unpaired) electrons. The fraction of sp³-hybridized carbons (Fsp3) is 0.692. The summed E-state index contributed by atoms with van der Waals surface area (Å²) in [6, 6.07) is -0.552. The van der Waals surface area contributed by atoms with Crippen LogP contribution < -0.4 is 5.32 Å². The van der Waals surface area contributed by atoms with Gasteiger partial charge in [-0.05, 0) is 19.3 Å². The number of hydrogen-bond acceptors (Lipinski definition) is 4.